The lowest BCUT2D eigenvalue weighted by molar-refractivity contribution is 0.0729. The maximum atomic E-state index is 12.3. The summed E-state index contributed by atoms with van der Waals surface area (Å²) < 4.78 is 7.03. The van der Waals surface area contributed by atoms with E-state index in [1.165, 1.54) is 22.7 Å². The molecule has 140 valence electrons. The molecular weight excluding hydrogens is 396 g/mol. The van der Waals surface area contributed by atoms with Crippen LogP contribution in [0.15, 0.2) is 59.6 Å². The van der Waals surface area contributed by atoms with Gasteiger partial charge < -0.3 is 10.1 Å². The van der Waals surface area contributed by atoms with E-state index >= 15 is 0 Å². The highest BCUT2D eigenvalue weighted by molar-refractivity contribution is 7.13. The third kappa shape index (κ3) is 4.00. The number of aromatic nitrogens is 3. The molecule has 0 fully saturated rings. The number of nitrogens with one attached hydrogen (secondary N) is 1. The first-order chi connectivity index (χ1) is 13.6. The van der Waals surface area contributed by atoms with Crippen LogP contribution >= 0.6 is 22.7 Å². The number of thiophene rings is 1. The van der Waals surface area contributed by atoms with Crippen molar-refractivity contribution >= 4 is 40.2 Å². The largest absolute Gasteiger partial charge is 0.422 e. The molecule has 0 saturated carbocycles. The lowest BCUT2D eigenvalue weighted by Crippen LogP contribution is -2.11. The van der Waals surface area contributed by atoms with E-state index in [0.29, 0.717) is 21.3 Å². The average Bonchev–Trinajstić information content (AvgIpc) is 3.44. The first-order valence-electron chi connectivity index (χ1n) is 8.20. The summed E-state index contributed by atoms with van der Waals surface area (Å²) in [6.07, 6.45) is 3.52. The van der Waals surface area contributed by atoms with E-state index in [0.717, 1.165) is 5.56 Å². The summed E-state index contributed by atoms with van der Waals surface area (Å²) in [4.78, 5) is 29.3. The van der Waals surface area contributed by atoms with Crippen LogP contribution in [0.1, 0.15) is 20.2 Å². The van der Waals surface area contributed by atoms with Crippen LogP contribution in [0.2, 0.25) is 0 Å². The number of thiazole rings is 1. The number of amides is 1. The van der Waals surface area contributed by atoms with Crippen molar-refractivity contribution in [3.05, 3.63) is 70.1 Å². The molecule has 7 nitrogen and oxygen atoms in total. The van der Waals surface area contributed by atoms with Gasteiger partial charge in [0, 0.05) is 29.9 Å². The zero-order valence-electron chi connectivity index (χ0n) is 14.7. The predicted molar refractivity (Wildman–Crippen MR) is 108 cm³/mol. The van der Waals surface area contributed by atoms with E-state index in [4.69, 9.17) is 4.74 Å². The molecule has 1 aromatic carbocycles. The number of aryl methyl sites for hydroxylation is 1. The number of ether oxygens (including phenoxy) is 1. The summed E-state index contributed by atoms with van der Waals surface area (Å²) in [5.41, 5.74) is 1.70. The summed E-state index contributed by atoms with van der Waals surface area (Å²) in [6.45, 7) is 0. The molecule has 0 saturated heterocycles. The summed E-state index contributed by atoms with van der Waals surface area (Å²) in [5, 5.41) is 11.1. The Morgan fingerprint density at radius 3 is 2.64 bits per heavy atom. The van der Waals surface area contributed by atoms with E-state index in [1.807, 2.05) is 24.7 Å². The first kappa shape index (κ1) is 18.1. The van der Waals surface area contributed by atoms with Crippen molar-refractivity contribution < 1.29 is 14.3 Å². The molecule has 0 unspecified atom stereocenters. The van der Waals surface area contributed by atoms with Crippen molar-refractivity contribution in [3.63, 3.8) is 0 Å². The lowest BCUT2D eigenvalue weighted by Gasteiger charge is -2.06. The third-order valence-corrected chi connectivity index (χ3v) is 5.49. The number of carbonyl (C=O) groups is 2. The smallest absolute Gasteiger partial charge is 0.363 e. The quantitative estimate of drug-likeness (QED) is 0.396. The van der Waals surface area contributed by atoms with E-state index in [2.05, 4.69) is 15.4 Å². The summed E-state index contributed by atoms with van der Waals surface area (Å²) in [5.74, 6) is -0.345. The van der Waals surface area contributed by atoms with Crippen molar-refractivity contribution in [2.24, 2.45) is 7.05 Å². The molecule has 0 spiro atoms. The maximum absolute atomic E-state index is 12.3. The Kier molecular flexibility index (Phi) is 5.00. The number of hydrogen-bond acceptors (Lipinski definition) is 7. The Hall–Kier alpha value is -3.30. The molecule has 1 amide bonds. The van der Waals surface area contributed by atoms with Crippen LogP contribution in [0, 0.1) is 0 Å². The molecule has 0 aliphatic rings. The molecule has 1 N–H and O–H groups in total. The van der Waals surface area contributed by atoms with Crippen LogP contribution in [0.5, 0.6) is 5.75 Å². The molecule has 0 atom stereocenters. The topological polar surface area (TPSA) is 86.1 Å². The second-order valence-corrected chi connectivity index (χ2v) is 7.59. The second kappa shape index (κ2) is 7.75. The van der Waals surface area contributed by atoms with Crippen molar-refractivity contribution in [1.82, 2.24) is 14.8 Å². The molecule has 9 heteroatoms. The van der Waals surface area contributed by atoms with Crippen LogP contribution in [0.25, 0.3) is 10.6 Å². The highest BCUT2D eigenvalue weighted by atomic mass is 32.1. The molecule has 0 radical (unpaired) electrons. The SMILES string of the molecule is Cn1cc(-c2nc(C(=O)Oc3ccc(NC(=O)c4cccs4)cc3)cs2)cn1. The van der Waals surface area contributed by atoms with Gasteiger partial charge in [0.05, 0.1) is 11.1 Å². The second-order valence-electron chi connectivity index (χ2n) is 5.79. The molecule has 0 aliphatic heterocycles. The summed E-state index contributed by atoms with van der Waals surface area (Å²) >= 11 is 2.72. The zero-order chi connectivity index (χ0) is 19.5. The van der Waals surface area contributed by atoms with E-state index in [9.17, 15) is 9.59 Å². The Balaban J connectivity index is 1.39. The summed E-state index contributed by atoms with van der Waals surface area (Å²) in [7, 11) is 1.82. The van der Waals surface area contributed by atoms with Crippen LogP contribution < -0.4 is 10.1 Å². The molecule has 4 rings (SSSR count). The number of rotatable bonds is 5. The van der Waals surface area contributed by atoms with Gasteiger partial charge in [-0.05, 0) is 35.7 Å². The molecule has 3 aromatic heterocycles. The number of carbonyl (C=O) groups excluding carboxylic acids is 2. The van der Waals surface area contributed by atoms with Gasteiger partial charge in [-0.3, -0.25) is 9.48 Å². The van der Waals surface area contributed by atoms with Gasteiger partial charge in [0.1, 0.15) is 10.8 Å². The van der Waals surface area contributed by atoms with Crippen molar-refractivity contribution in [2.45, 2.75) is 0 Å². The maximum Gasteiger partial charge on any atom is 0.363 e. The van der Waals surface area contributed by atoms with Crippen LogP contribution in [0.3, 0.4) is 0 Å². The molecule has 4 aromatic rings. The normalized spacial score (nSPS) is 10.6. The highest BCUT2D eigenvalue weighted by Crippen LogP contribution is 2.24. The average molecular weight is 410 g/mol. The number of hydrogen-bond donors (Lipinski definition) is 1. The Bertz CT molecular complexity index is 1110. The number of nitrogens with zero attached hydrogens (tertiary/aromatic N) is 3. The van der Waals surface area contributed by atoms with Crippen molar-refractivity contribution in [1.29, 1.82) is 0 Å². The van der Waals surface area contributed by atoms with E-state index in [1.54, 1.807) is 46.6 Å². The van der Waals surface area contributed by atoms with Gasteiger partial charge in [-0.15, -0.1) is 22.7 Å². The van der Waals surface area contributed by atoms with Crippen LogP contribution in [-0.2, 0) is 7.05 Å². The standard InChI is InChI=1S/C19H14N4O3S2/c1-23-10-12(9-20-23)18-22-15(11-28-18)19(25)26-14-6-4-13(5-7-14)21-17(24)16-3-2-8-27-16/h2-11H,1H3,(H,21,24). The third-order valence-electron chi connectivity index (χ3n) is 3.73. The summed E-state index contributed by atoms with van der Waals surface area (Å²) in [6, 6.07) is 10.2. The van der Waals surface area contributed by atoms with Gasteiger partial charge in [0.2, 0.25) is 0 Å². The fourth-order valence-corrected chi connectivity index (χ4v) is 3.78. The minimum absolute atomic E-state index is 0.176. The van der Waals surface area contributed by atoms with Crippen molar-refractivity contribution in [3.8, 4) is 16.3 Å². The molecule has 0 bridgehead atoms. The van der Waals surface area contributed by atoms with Crippen molar-refractivity contribution in [2.75, 3.05) is 5.32 Å². The molecule has 0 aliphatic carbocycles. The predicted octanol–water partition coefficient (Wildman–Crippen LogP) is 4.08. The lowest BCUT2D eigenvalue weighted by atomic mass is 10.3. The number of anilines is 1. The van der Waals surface area contributed by atoms with E-state index in [-0.39, 0.29) is 11.6 Å². The van der Waals surface area contributed by atoms with Gasteiger partial charge >= 0.3 is 5.97 Å². The van der Waals surface area contributed by atoms with Crippen LogP contribution in [-0.4, -0.2) is 26.6 Å². The number of benzene rings is 1. The highest BCUT2D eigenvalue weighted by Gasteiger charge is 2.15. The van der Waals surface area contributed by atoms with E-state index < -0.39 is 5.97 Å². The Morgan fingerprint density at radius 1 is 1.14 bits per heavy atom. The van der Waals surface area contributed by atoms with Gasteiger partial charge in [-0.1, -0.05) is 6.07 Å². The minimum Gasteiger partial charge on any atom is -0.422 e. The fraction of sp³-hybridized carbons (Fsp3) is 0.0526. The van der Waals surface area contributed by atoms with Gasteiger partial charge in [-0.25, -0.2) is 9.78 Å². The number of esters is 1. The fourth-order valence-electron chi connectivity index (χ4n) is 2.40. The van der Waals surface area contributed by atoms with Gasteiger partial charge in [0.15, 0.2) is 5.69 Å². The molecular formula is C19H14N4O3S2. The van der Waals surface area contributed by atoms with Crippen LogP contribution in [0.4, 0.5) is 5.69 Å². The molecule has 28 heavy (non-hydrogen) atoms. The van der Waals surface area contributed by atoms with Gasteiger partial charge in [-0.2, -0.15) is 5.10 Å². The first-order valence-corrected chi connectivity index (χ1v) is 9.96. The monoisotopic (exact) mass is 410 g/mol. The minimum atomic E-state index is -0.540. The zero-order valence-corrected chi connectivity index (χ0v) is 16.3. The Labute approximate surface area is 168 Å². The Morgan fingerprint density at radius 2 is 1.96 bits per heavy atom. The molecule has 3 heterocycles. The van der Waals surface area contributed by atoms with Gasteiger partial charge in [0.25, 0.3) is 5.91 Å².